The van der Waals surface area contributed by atoms with Crippen molar-refractivity contribution in [3.8, 4) is 0 Å². The lowest BCUT2D eigenvalue weighted by Crippen LogP contribution is -2.60. The average molecular weight is 953 g/mol. The van der Waals surface area contributed by atoms with Crippen molar-refractivity contribution in [2.45, 2.75) is 339 Å². The van der Waals surface area contributed by atoms with Gasteiger partial charge in [-0.25, -0.2) is 0 Å². The molecule has 0 bridgehead atoms. The molecule has 1 aliphatic heterocycles. The Balaban J connectivity index is 2.20. The Morgan fingerprint density at radius 3 is 1.21 bits per heavy atom. The van der Waals surface area contributed by atoms with E-state index in [1.54, 1.807) is 0 Å². The van der Waals surface area contributed by atoms with Crippen molar-refractivity contribution in [3.05, 3.63) is 12.2 Å². The summed E-state index contributed by atoms with van der Waals surface area (Å²) in [6.07, 6.45) is 52.4. The summed E-state index contributed by atoms with van der Waals surface area (Å²) in [5.41, 5.74) is 0. The van der Waals surface area contributed by atoms with Crippen LogP contribution in [0.1, 0.15) is 296 Å². The van der Waals surface area contributed by atoms with Gasteiger partial charge in [0.05, 0.1) is 25.4 Å². The number of aliphatic hydroxyl groups is 5. The van der Waals surface area contributed by atoms with Crippen molar-refractivity contribution in [2.75, 3.05) is 13.2 Å². The van der Waals surface area contributed by atoms with Crippen LogP contribution >= 0.6 is 0 Å². The molecular formula is C58H113NO8. The molecule has 67 heavy (non-hydrogen) atoms. The number of carbonyl (C=O) groups excluding carboxylic acids is 1. The Morgan fingerprint density at radius 1 is 0.493 bits per heavy atom. The summed E-state index contributed by atoms with van der Waals surface area (Å²) in [4.78, 5) is 13.1. The van der Waals surface area contributed by atoms with Gasteiger partial charge in [-0.15, -0.1) is 0 Å². The first-order valence-electron chi connectivity index (χ1n) is 29.4. The first-order chi connectivity index (χ1) is 32.8. The van der Waals surface area contributed by atoms with Crippen LogP contribution in [-0.4, -0.2) is 87.5 Å². The largest absolute Gasteiger partial charge is 0.394 e. The lowest BCUT2D eigenvalue weighted by molar-refractivity contribution is -0.302. The van der Waals surface area contributed by atoms with Gasteiger partial charge >= 0.3 is 0 Å². The molecule has 1 rings (SSSR count). The van der Waals surface area contributed by atoms with Crippen LogP contribution in [0.25, 0.3) is 0 Å². The van der Waals surface area contributed by atoms with Gasteiger partial charge in [-0.1, -0.05) is 264 Å². The molecule has 0 aromatic carbocycles. The molecule has 6 N–H and O–H groups in total. The van der Waals surface area contributed by atoms with E-state index in [1.807, 2.05) is 0 Å². The van der Waals surface area contributed by atoms with Crippen molar-refractivity contribution in [2.24, 2.45) is 0 Å². The second kappa shape index (κ2) is 48.6. The van der Waals surface area contributed by atoms with Gasteiger partial charge in [-0.2, -0.15) is 0 Å². The number of allylic oxidation sites excluding steroid dienone is 2. The zero-order valence-corrected chi connectivity index (χ0v) is 44.2. The van der Waals surface area contributed by atoms with Gasteiger partial charge in [-0.3, -0.25) is 4.79 Å². The molecule has 1 amide bonds. The highest BCUT2D eigenvalue weighted by Gasteiger charge is 2.44. The molecule has 1 heterocycles. The lowest BCUT2D eigenvalue weighted by Gasteiger charge is -2.40. The van der Waals surface area contributed by atoms with Crippen LogP contribution in [0.5, 0.6) is 0 Å². The molecule has 7 unspecified atom stereocenters. The third-order valence-electron chi connectivity index (χ3n) is 14.4. The second-order valence-electron chi connectivity index (χ2n) is 20.8. The minimum absolute atomic E-state index is 0.135. The molecule has 0 saturated carbocycles. The molecule has 9 heteroatoms. The standard InChI is InChI=1S/C58H113NO8/c1-3-5-7-9-11-13-15-17-19-21-23-25-26-27-28-30-32-34-36-38-40-42-44-46-48-54(62)59-51(50-66-58-57(65)56(64)55(63)53(49-60)67-58)52(61)47-45-43-41-39-37-35-33-31-29-24-22-20-18-16-14-12-10-8-6-4-2/h27-28,51-53,55-58,60-61,63-65H,3-26,29-50H2,1-2H3,(H,59,62)/b28-27-. The molecule has 1 saturated heterocycles. The Morgan fingerprint density at radius 2 is 0.836 bits per heavy atom. The fourth-order valence-electron chi connectivity index (χ4n) is 9.69. The predicted octanol–water partition coefficient (Wildman–Crippen LogP) is 14.4. The number of hydrogen-bond donors (Lipinski definition) is 6. The van der Waals surface area contributed by atoms with E-state index >= 15 is 0 Å². The zero-order valence-electron chi connectivity index (χ0n) is 44.2. The maximum Gasteiger partial charge on any atom is 0.220 e. The Hall–Kier alpha value is -1.07. The van der Waals surface area contributed by atoms with E-state index in [-0.39, 0.29) is 12.5 Å². The highest BCUT2D eigenvalue weighted by molar-refractivity contribution is 5.76. The van der Waals surface area contributed by atoms with Crippen LogP contribution in [0.3, 0.4) is 0 Å². The number of ether oxygens (including phenoxy) is 2. The molecule has 1 fully saturated rings. The van der Waals surface area contributed by atoms with Gasteiger partial charge in [0.25, 0.3) is 0 Å². The van der Waals surface area contributed by atoms with E-state index in [2.05, 4.69) is 31.3 Å². The molecule has 0 aromatic heterocycles. The fraction of sp³-hybridized carbons (Fsp3) is 0.948. The minimum Gasteiger partial charge on any atom is -0.394 e. The summed E-state index contributed by atoms with van der Waals surface area (Å²) in [5, 5.41) is 54.7. The molecule has 0 radical (unpaired) electrons. The van der Waals surface area contributed by atoms with Crippen molar-refractivity contribution in [1.82, 2.24) is 5.32 Å². The number of unbranched alkanes of at least 4 members (excludes halogenated alkanes) is 39. The number of amides is 1. The molecule has 7 atom stereocenters. The highest BCUT2D eigenvalue weighted by atomic mass is 16.7. The molecule has 398 valence electrons. The minimum atomic E-state index is -1.55. The van der Waals surface area contributed by atoms with E-state index in [4.69, 9.17) is 9.47 Å². The lowest BCUT2D eigenvalue weighted by atomic mass is 9.99. The van der Waals surface area contributed by atoms with Crippen LogP contribution in [0.2, 0.25) is 0 Å². The van der Waals surface area contributed by atoms with Crippen molar-refractivity contribution >= 4 is 5.91 Å². The first kappa shape index (κ1) is 63.9. The number of rotatable bonds is 51. The number of carbonyl (C=O) groups is 1. The van der Waals surface area contributed by atoms with Gasteiger partial charge in [0.1, 0.15) is 24.4 Å². The highest BCUT2D eigenvalue weighted by Crippen LogP contribution is 2.23. The van der Waals surface area contributed by atoms with Crippen LogP contribution < -0.4 is 5.32 Å². The number of nitrogens with one attached hydrogen (secondary N) is 1. The Kier molecular flexibility index (Phi) is 46.3. The summed E-state index contributed by atoms with van der Waals surface area (Å²) < 4.78 is 11.3. The van der Waals surface area contributed by atoms with E-state index in [1.165, 1.54) is 231 Å². The maximum atomic E-state index is 13.1. The quantitative estimate of drug-likeness (QED) is 0.0261. The first-order valence-corrected chi connectivity index (χ1v) is 29.4. The smallest absolute Gasteiger partial charge is 0.220 e. The second-order valence-corrected chi connectivity index (χ2v) is 20.8. The van der Waals surface area contributed by atoms with Crippen molar-refractivity contribution < 1.29 is 39.8 Å². The van der Waals surface area contributed by atoms with Crippen LogP contribution in [0, 0.1) is 0 Å². The topological polar surface area (TPSA) is 149 Å². The summed E-state index contributed by atoms with van der Waals surface area (Å²) in [6, 6.07) is -0.718. The summed E-state index contributed by atoms with van der Waals surface area (Å²) in [5.74, 6) is -0.142. The van der Waals surface area contributed by atoms with Crippen LogP contribution in [-0.2, 0) is 14.3 Å². The third kappa shape index (κ3) is 38.3. The zero-order chi connectivity index (χ0) is 48.7. The summed E-state index contributed by atoms with van der Waals surface area (Å²) >= 11 is 0. The van der Waals surface area contributed by atoms with Gasteiger partial charge < -0.3 is 40.3 Å². The SMILES string of the molecule is CCCCCCCCCCCCCC/C=C\CCCCCCCCCCC(=O)NC(COC1OC(CO)C(O)C(O)C1O)C(O)CCCCCCCCCCCCCCCCCCCCCC. The molecule has 1 aliphatic rings. The van der Waals surface area contributed by atoms with Crippen LogP contribution in [0.15, 0.2) is 12.2 Å². The Labute approximate surface area is 414 Å². The Bertz CT molecular complexity index is 1060. The fourth-order valence-corrected chi connectivity index (χ4v) is 9.69. The van der Waals surface area contributed by atoms with Gasteiger partial charge in [0.15, 0.2) is 6.29 Å². The summed E-state index contributed by atoms with van der Waals surface area (Å²) in [6.45, 7) is 3.88. The van der Waals surface area contributed by atoms with Gasteiger partial charge in [-0.05, 0) is 38.5 Å². The normalized spacial score (nSPS) is 19.7. The van der Waals surface area contributed by atoms with Crippen molar-refractivity contribution in [3.63, 3.8) is 0 Å². The average Bonchev–Trinajstić information content (AvgIpc) is 3.33. The van der Waals surface area contributed by atoms with E-state index in [0.29, 0.717) is 12.8 Å². The molecule has 0 spiro atoms. The third-order valence-corrected chi connectivity index (χ3v) is 14.4. The van der Waals surface area contributed by atoms with Gasteiger partial charge in [0, 0.05) is 6.42 Å². The molecule has 0 aromatic rings. The van der Waals surface area contributed by atoms with Crippen molar-refractivity contribution in [1.29, 1.82) is 0 Å². The van der Waals surface area contributed by atoms with Crippen LogP contribution in [0.4, 0.5) is 0 Å². The monoisotopic (exact) mass is 952 g/mol. The molecular weight excluding hydrogens is 839 g/mol. The van der Waals surface area contributed by atoms with E-state index < -0.39 is 49.5 Å². The number of aliphatic hydroxyl groups excluding tert-OH is 5. The number of hydrogen-bond acceptors (Lipinski definition) is 8. The molecule has 9 nitrogen and oxygen atoms in total. The maximum absolute atomic E-state index is 13.1. The molecule has 0 aliphatic carbocycles. The van der Waals surface area contributed by atoms with E-state index in [0.717, 1.165) is 38.5 Å². The van der Waals surface area contributed by atoms with Gasteiger partial charge in [0.2, 0.25) is 5.91 Å². The predicted molar refractivity (Wildman–Crippen MR) is 281 cm³/mol. The van der Waals surface area contributed by atoms with E-state index in [9.17, 15) is 30.3 Å². The summed E-state index contributed by atoms with van der Waals surface area (Å²) in [7, 11) is 0.